The molecular formula is C16H40N4Ti. The molecule has 0 aliphatic carbocycles. The molecule has 0 rings (SSSR count). The van der Waals surface area contributed by atoms with Crippen LogP contribution in [0.2, 0.25) is 0 Å². The van der Waals surface area contributed by atoms with E-state index in [9.17, 15) is 0 Å². The second-order valence-electron chi connectivity index (χ2n) is 3.42. The van der Waals surface area contributed by atoms with E-state index in [0.717, 1.165) is 52.4 Å². The molecule has 21 heavy (non-hydrogen) atoms. The van der Waals surface area contributed by atoms with Crippen molar-refractivity contribution < 1.29 is 21.7 Å². The Morgan fingerprint density at radius 1 is 0.333 bits per heavy atom. The van der Waals surface area contributed by atoms with Gasteiger partial charge in [-0.15, -0.1) is 0 Å². The van der Waals surface area contributed by atoms with Crippen LogP contribution in [0, 0.1) is 0 Å². The van der Waals surface area contributed by atoms with E-state index in [1.54, 1.807) is 0 Å². The number of rotatable bonds is 8. The Morgan fingerprint density at radius 3 is 0.429 bits per heavy atom. The molecule has 0 aromatic heterocycles. The topological polar surface area (TPSA) is 56.4 Å². The van der Waals surface area contributed by atoms with Gasteiger partial charge in [-0.05, 0) is 0 Å². The van der Waals surface area contributed by atoms with Crippen LogP contribution in [0.15, 0.2) is 0 Å². The van der Waals surface area contributed by atoms with Gasteiger partial charge < -0.3 is 21.3 Å². The Labute approximate surface area is 150 Å². The van der Waals surface area contributed by atoms with Crippen molar-refractivity contribution in [3.8, 4) is 0 Å². The van der Waals surface area contributed by atoms with E-state index < -0.39 is 0 Å². The molecule has 0 radical (unpaired) electrons. The quantitative estimate of drug-likeness (QED) is 0.518. The standard InChI is InChI=1S/4C4H10N.Ti/c4*1-3-5-4-2;/h4*3-4H2,1-2H3;/q4*-1;+4. The molecule has 0 aromatic carbocycles. The summed E-state index contributed by atoms with van der Waals surface area (Å²) in [5.41, 5.74) is 0. The molecule has 0 aliphatic heterocycles. The molecule has 0 unspecified atom stereocenters. The van der Waals surface area contributed by atoms with Crippen molar-refractivity contribution in [2.75, 3.05) is 52.4 Å². The summed E-state index contributed by atoms with van der Waals surface area (Å²) in [6, 6.07) is 0. The average molecular weight is 336 g/mol. The van der Waals surface area contributed by atoms with Crippen LogP contribution in [0.4, 0.5) is 0 Å². The zero-order chi connectivity index (χ0) is 16.5. The summed E-state index contributed by atoms with van der Waals surface area (Å²) in [7, 11) is 0. The van der Waals surface area contributed by atoms with Crippen molar-refractivity contribution in [1.29, 1.82) is 0 Å². The molecule has 0 saturated heterocycles. The molecule has 0 atom stereocenters. The summed E-state index contributed by atoms with van der Waals surface area (Å²) in [5.74, 6) is 0. The van der Waals surface area contributed by atoms with Crippen LogP contribution in [0.3, 0.4) is 0 Å². The van der Waals surface area contributed by atoms with Crippen LogP contribution in [0.25, 0.3) is 21.3 Å². The Morgan fingerprint density at radius 2 is 0.429 bits per heavy atom. The van der Waals surface area contributed by atoms with Crippen molar-refractivity contribution >= 4 is 0 Å². The largest absolute Gasteiger partial charge is 4.00 e. The average Bonchev–Trinajstić information content (AvgIpc) is 2.44. The van der Waals surface area contributed by atoms with E-state index in [-0.39, 0.29) is 21.7 Å². The maximum Gasteiger partial charge on any atom is 4.00 e. The van der Waals surface area contributed by atoms with Gasteiger partial charge in [0.2, 0.25) is 0 Å². The van der Waals surface area contributed by atoms with Gasteiger partial charge in [-0.3, -0.25) is 0 Å². The van der Waals surface area contributed by atoms with Gasteiger partial charge in [-0.2, -0.15) is 52.4 Å². The van der Waals surface area contributed by atoms with Crippen molar-refractivity contribution in [1.82, 2.24) is 0 Å². The fourth-order valence-corrected chi connectivity index (χ4v) is 0.894. The third-order valence-electron chi connectivity index (χ3n) is 1.79. The van der Waals surface area contributed by atoms with Gasteiger partial charge in [0.25, 0.3) is 0 Å². The molecular weight excluding hydrogens is 296 g/mol. The fraction of sp³-hybridized carbons (Fsp3) is 1.00. The first-order chi connectivity index (χ1) is 9.66. The third-order valence-corrected chi connectivity index (χ3v) is 1.79. The summed E-state index contributed by atoms with van der Waals surface area (Å²) < 4.78 is 0. The van der Waals surface area contributed by atoms with Gasteiger partial charge in [-0.1, -0.05) is 55.4 Å². The van der Waals surface area contributed by atoms with Crippen molar-refractivity contribution in [3.05, 3.63) is 21.3 Å². The van der Waals surface area contributed by atoms with Crippen molar-refractivity contribution in [2.45, 2.75) is 55.4 Å². The van der Waals surface area contributed by atoms with Crippen LogP contribution in [0.1, 0.15) is 55.4 Å². The van der Waals surface area contributed by atoms with Crippen LogP contribution in [-0.4, -0.2) is 52.4 Å². The van der Waals surface area contributed by atoms with E-state index in [1.807, 2.05) is 55.4 Å². The van der Waals surface area contributed by atoms with Gasteiger partial charge in [-0.25, -0.2) is 0 Å². The van der Waals surface area contributed by atoms with Gasteiger partial charge in [0.1, 0.15) is 0 Å². The van der Waals surface area contributed by atoms with Gasteiger partial charge in [0.15, 0.2) is 0 Å². The summed E-state index contributed by atoms with van der Waals surface area (Å²) in [6.45, 7) is 24.1. The molecule has 5 heteroatoms. The molecule has 0 saturated carbocycles. The first-order valence-electron chi connectivity index (χ1n) is 8.19. The minimum absolute atomic E-state index is 0. The number of hydrogen-bond acceptors (Lipinski definition) is 0. The Bertz CT molecular complexity index is 74.3. The smallest absolute Gasteiger partial charge is 0.663 e. The van der Waals surface area contributed by atoms with E-state index in [0.29, 0.717) is 0 Å². The second-order valence-corrected chi connectivity index (χ2v) is 3.42. The molecule has 0 spiro atoms. The maximum absolute atomic E-state index is 3.97. The molecule has 0 amide bonds. The maximum atomic E-state index is 3.97. The van der Waals surface area contributed by atoms with Crippen LogP contribution < -0.4 is 0 Å². The third kappa shape index (κ3) is 96.7. The molecule has 0 fully saturated rings. The molecule has 0 bridgehead atoms. The minimum atomic E-state index is 0. The van der Waals surface area contributed by atoms with Gasteiger partial charge in [0.05, 0.1) is 0 Å². The first-order valence-corrected chi connectivity index (χ1v) is 8.19. The van der Waals surface area contributed by atoms with E-state index in [2.05, 4.69) is 21.3 Å². The Hall–Kier alpha value is 0.554. The summed E-state index contributed by atoms with van der Waals surface area (Å²) in [5, 5.41) is 15.9. The second kappa shape index (κ2) is 49.9. The summed E-state index contributed by atoms with van der Waals surface area (Å²) in [4.78, 5) is 0. The van der Waals surface area contributed by atoms with E-state index >= 15 is 0 Å². The molecule has 0 N–H and O–H groups in total. The van der Waals surface area contributed by atoms with Gasteiger partial charge in [0, 0.05) is 0 Å². The predicted molar refractivity (Wildman–Crippen MR) is 97.8 cm³/mol. The van der Waals surface area contributed by atoms with E-state index in [4.69, 9.17) is 0 Å². The normalized spacial score (nSPS) is 8.00. The molecule has 4 nitrogen and oxygen atoms in total. The minimum Gasteiger partial charge on any atom is -0.663 e. The molecule has 0 aliphatic rings. The zero-order valence-corrected chi connectivity index (χ0v) is 17.5. The zero-order valence-electron chi connectivity index (χ0n) is 15.9. The van der Waals surface area contributed by atoms with E-state index in [1.165, 1.54) is 0 Å². The molecule has 0 heterocycles. The van der Waals surface area contributed by atoms with Crippen LogP contribution >= 0.6 is 0 Å². The fourth-order valence-electron chi connectivity index (χ4n) is 0.894. The van der Waals surface area contributed by atoms with Crippen LogP contribution in [-0.2, 0) is 21.7 Å². The molecule has 0 aromatic rings. The SMILES string of the molecule is CC[N-]CC.CC[N-]CC.CC[N-]CC.CC[N-]CC.[Ti+4]. The summed E-state index contributed by atoms with van der Waals surface area (Å²) >= 11 is 0. The Balaban J connectivity index is -0.0000000533. The van der Waals surface area contributed by atoms with Crippen molar-refractivity contribution in [2.24, 2.45) is 0 Å². The molecule has 128 valence electrons. The predicted octanol–water partition coefficient (Wildman–Crippen LogP) is 5.60. The number of nitrogens with zero attached hydrogens (tertiary/aromatic N) is 4. The van der Waals surface area contributed by atoms with Gasteiger partial charge >= 0.3 is 21.7 Å². The number of hydrogen-bond donors (Lipinski definition) is 0. The summed E-state index contributed by atoms with van der Waals surface area (Å²) in [6.07, 6.45) is 0. The first kappa shape index (κ1) is 33.2. The van der Waals surface area contributed by atoms with Crippen LogP contribution in [0.5, 0.6) is 0 Å². The Kier molecular flexibility index (Phi) is 78.9. The van der Waals surface area contributed by atoms with Crippen molar-refractivity contribution in [3.63, 3.8) is 0 Å². The monoisotopic (exact) mass is 336 g/mol.